The van der Waals surface area contributed by atoms with Gasteiger partial charge in [0.25, 0.3) is 0 Å². The van der Waals surface area contributed by atoms with E-state index < -0.39 is 0 Å². The Bertz CT molecular complexity index is 557. The van der Waals surface area contributed by atoms with Crippen LogP contribution in [0, 0.1) is 12.1 Å². The molecule has 0 N–H and O–H groups in total. The zero-order valence-electron chi connectivity index (χ0n) is 11.9. The van der Waals surface area contributed by atoms with Gasteiger partial charge in [-0.1, -0.05) is 50.2 Å². The molecule has 0 aliphatic carbocycles. The number of benzene rings is 2. The minimum atomic E-state index is 0.952. The van der Waals surface area contributed by atoms with Crippen LogP contribution in [0.2, 0.25) is 0 Å². The third-order valence-corrected chi connectivity index (χ3v) is 2.98. The van der Waals surface area contributed by atoms with E-state index in [1.54, 1.807) is 12.4 Å². The molecule has 2 aromatic carbocycles. The highest BCUT2D eigenvalue weighted by molar-refractivity contribution is 5.82. The van der Waals surface area contributed by atoms with Crippen molar-refractivity contribution in [2.24, 2.45) is 10.2 Å². The van der Waals surface area contributed by atoms with Gasteiger partial charge in [0.05, 0.1) is 12.4 Å². The molecule has 0 aliphatic heterocycles. The summed E-state index contributed by atoms with van der Waals surface area (Å²) in [4.78, 5) is 0. The van der Waals surface area contributed by atoms with Gasteiger partial charge in [0.2, 0.25) is 0 Å². The van der Waals surface area contributed by atoms with E-state index >= 15 is 0 Å². The van der Waals surface area contributed by atoms with E-state index in [0.29, 0.717) is 0 Å². The zero-order valence-corrected chi connectivity index (χ0v) is 11.9. The van der Waals surface area contributed by atoms with Crippen LogP contribution in [-0.4, -0.2) is 12.4 Å². The van der Waals surface area contributed by atoms with Crippen LogP contribution in [0.5, 0.6) is 0 Å². The molecule has 0 aliphatic rings. The van der Waals surface area contributed by atoms with Crippen molar-refractivity contribution in [3.05, 3.63) is 70.8 Å². The molecule has 2 heteroatoms. The molecular formula is C18H18N2. The summed E-state index contributed by atoms with van der Waals surface area (Å²) < 4.78 is 0. The largest absolute Gasteiger partial charge is 0.158 e. The van der Waals surface area contributed by atoms with Crippen molar-refractivity contribution in [1.82, 2.24) is 0 Å². The molecule has 0 atom stereocenters. The van der Waals surface area contributed by atoms with Gasteiger partial charge in [-0.2, -0.15) is 10.2 Å². The average Bonchev–Trinajstić information content (AvgIpc) is 2.52. The molecule has 0 unspecified atom stereocenters. The van der Waals surface area contributed by atoms with Crippen LogP contribution in [0.25, 0.3) is 0 Å². The predicted octanol–water partition coefficient (Wildman–Crippen LogP) is 3.86. The Morgan fingerprint density at radius 1 is 0.800 bits per heavy atom. The Balaban J connectivity index is 2.02. The van der Waals surface area contributed by atoms with Crippen molar-refractivity contribution in [2.45, 2.75) is 26.7 Å². The van der Waals surface area contributed by atoms with Gasteiger partial charge in [-0.25, -0.2) is 0 Å². The maximum absolute atomic E-state index is 4.06. The average molecular weight is 262 g/mol. The molecule has 2 aromatic rings. The quantitative estimate of drug-likeness (QED) is 0.577. The minimum Gasteiger partial charge on any atom is -0.158 e. The topological polar surface area (TPSA) is 24.7 Å². The number of aryl methyl sites for hydroxylation is 2. The zero-order chi connectivity index (χ0) is 14.2. The highest BCUT2D eigenvalue weighted by atomic mass is 15.2. The lowest BCUT2D eigenvalue weighted by Crippen LogP contribution is -1.87. The Labute approximate surface area is 120 Å². The number of hydrogen-bond donors (Lipinski definition) is 0. The van der Waals surface area contributed by atoms with E-state index in [1.165, 1.54) is 11.1 Å². The van der Waals surface area contributed by atoms with Gasteiger partial charge in [0.1, 0.15) is 0 Å². The molecule has 0 saturated heterocycles. The molecule has 2 radical (unpaired) electrons. The molecule has 0 fully saturated rings. The first-order valence-electron chi connectivity index (χ1n) is 6.90. The van der Waals surface area contributed by atoms with Crippen LogP contribution in [0.4, 0.5) is 0 Å². The summed E-state index contributed by atoms with van der Waals surface area (Å²) in [5, 5.41) is 8.12. The first kappa shape index (κ1) is 14.2. The highest BCUT2D eigenvalue weighted by Gasteiger charge is 1.92. The second kappa shape index (κ2) is 7.39. The van der Waals surface area contributed by atoms with Gasteiger partial charge in [0, 0.05) is 11.1 Å². The molecule has 0 heterocycles. The Morgan fingerprint density at radius 2 is 1.25 bits per heavy atom. The van der Waals surface area contributed by atoms with Gasteiger partial charge in [-0.05, 0) is 36.1 Å². The van der Waals surface area contributed by atoms with Crippen molar-refractivity contribution >= 4 is 12.4 Å². The predicted molar refractivity (Wildman–Crippen MR) is 84.5 cm³/mol. The molecule has 100 valence electrons. The summed E-state index contributed by atoms with van der Waals surface area (Å²) in [5.74, 6) is 0. The fraction of sp³-hybridized carbons (Fsp3) is 0.222. The van der Waals surface area contributed by atoms with Gasteiger partial charge >= 0.3 is 0 Å². The van der Waals surface area contributed by atoms with Crippen LogP contribution in [0.1, 0.15) is 36.1 Å². The Kier molecular flexibility index (Phi) is 5.24. The lowest BCUT2D eigenvalue weighted by atomic mass is 10.1. The smallest absolute Gasteiger partial charge is 0.0574 e. The lowest BCUT2D eigenvalue weighted by molar-refractivity contribution is 1.13. The molecule has 20 heavy (non-hydrogen) atoms. The van der Waals surface area contributed by atoms with Gasteiger partial charge in [-0.15, -0.1) is 0 Å². The van der Waals surface area contributed by atoms with Crippen molar-refractivity contribution in [2.75, 3.05) is 0 Å². The molecular weight excluding hydrogens is 244 g/mol. The summed E-state index contributed by atoms with van der Waals surface area (Å²) in [5.41, 5.74) is 4.27. The van der Waals surface area contributed by atoms with Crippen LogP contribution < -0.4 is 0 Å². The fourth-order valence-electron chi connectivity index (χ4n) is 1.83. The van der Waals surface area contributed by atoms with Crippen molar-refractivity contribution in [1.29, 1.82) is 0 Å². The fourth-order valence-corrected chi connectivity index (χ4v) is 1.83. The summed E-state index contributed by atoms with van der Waals surface area (Å²) in [6.45, 7) is 4.23. The van der Waals surface area contributed by atoms with Crippen LogP contribution in [0.3, 0.4) is 0 Å². The van der Waals surface area contributed by atoms with Crippen molar-refractivity contribution in [3.8, 4) is 0 Å². The van der Waals surface area contributed by atoms with E-state index in [2.05, 4.69) is 48.3 Å². The number of nitrogens with zero attached hydrogens (tertiary/aromatic N) is 2. The van der Waals surface area contributed by atoms with Gasteiger partial charge in [-0.3, -0.25) is 0 Å². The van der Waals surface area contributed by atoms with E-state index in [9.17, 15) is 0 Å². The van der Waals surface area contributed by atoms with E-state index in [1.807, 2.05) is 24.3 Å². The van der Waals surface area contributed by atoms with E-state index in [0.717, 1.165) is 24.0 Å². The molecule has 2 nitrogen and oxygen atoms in total. The van der Waals surface area contributed by atoms with Crippen molar-refractivity contribution < 1.29 is 0 Å². The minimum absolute atomic E-state index is 0.952. The van der Waals surface area contributed by atoms with Gasteiger partial charge in [0.15, 0.2) is 0 Å². The third kappa shape index (κ3) is 4.16. The third-order valence-electron chi connectivity index (χ3n) is 2.98. The summed E-state index contributed by atoms with van der Waals surface area (Å²) in [7, 11) is 0. The second-order valence-corrected chi connectivity index (χ2v) is 4.46. The monoisotopic (exact) mass is 262 g/mol. The summed E-state index contributed by atoms with van der Waals surface area (Å²) >= 11 is 0. The number of rotatable bonds is 5. The molecule has 0 saturated carbocycles. The van der Waals surface area contributed by atoms with E-state index in [4.69, 9.17) is 0 Å². The highest BCUT2D eigenvalue weighted by Crippen LogP contribution is 2.04. The Hall–Kier alpha value is -2.22. The van der Waals surface area contributed by atoms with E-state index in [-0.39, 0.29) is 0 Å². The molecule has 0 amide bonds. The van der Waals surface area contributed by atoms with Crippen LogP contribution >= 0.6 is 0 Å². The Morgan fingerprint density at radius 3 is 1.65 bits per heavy atom. The second-order valence-electron chi connectivity index (χ2n) is 4.46. The van der Waals surface area contributed by atoms with Crippen molar-refractivity contribution in [3.63, 3.8) is 0 Å². The summed E-state index contributed by atoms with van der Waals surface area (Å²) in [6, 6.07) is 18.7. The maximum atomic E-state index is 4.06. The lowest BCUT2D eigenvalue weighted by Gasteiger charge is -1.96. The number of hydrogen-bond acceptors (Lipinski definition) is 2. The first-order valence-corrected chi connectivity index (χ1v) is 6.90. The maximum Gasteiger partial charge on any atom is 0.0574 e. The molecule has 0 aromatic heterocycles. The molecule has 0 spiro atoms. The molecule has 2 rings (SSSR count). The van der Waals surface area contributed by atoms with Gasteiger partial charge < -0.3 is 0 Å². The van der Waals surface area contributed by atoms with Crippen LogP contribution in [-0.2, 0) is 12.8 Å². The van der Waals surface area contributed by atoms with Crippen LogP contribution in [0.15, 0.2) is 46.6 Å². The first-order chi connectivity index (χ1) is 9.81. The standard InChI is InChI=1S/C18H18N2/c1-3-15-7-5-9-17(11-15)13-19-20-14-18-10-6-8-16(4-2)12-18/h5-10,13-14H,3-4H2,1-2H3. The summed E-state index contributed by atoms with van der Waals surface area (Å²) in [6.07, 6.45) is 5.39. The normalized spacial score (nSPS) is 11.5. The molecule has 0 bridgehead atoms. The SMILES string of the molecule is CCc1[c]c(C=NN=Cc2[c]c(CC)ccc2)ccc1.